The van der Waals surface area contributed by atoms with E-state index in [1.807, 2.05) is 38.1 Å². The molecule has 27 heavy (non-hydrogen) atoms. The van der Waals surface area contributed by atoms with Crippen molar-refractivity contribution in [3.8, 4) is 0 Å². The summed E-state index contributed by atoms with van der Waals surface area (Å²) in [6, 6.07) is 16.0. The van der Waals surface area contributed by atoms with Gasteiger partial charge in [0, 0.05) is 16.2 Å². The number of fused-ring (bicyclic) bond motifs is 2. The van der Waals surface area contributed by atoms with Crippen molar-refractivity contribution in [1.29, 1.82) is 0 Å². The topological polar surface area (TPSA) is 59.3 Å². The number of anilines is 1. The van der Waals surface area contributed by atoms with Gasteiger partial charge in [-0.15, -0.1) is 0 Å². The smallest absolute Gasteiger partial charge is 0.256 e. The number of benzene rings is 3. The van der Waals surface area contributed by atoms with Crippen molar-refractivity contribution < 1.29 is 9.21 Å². The highest BCUT2D eigenvalue weighted by molar-refractivity contribution is 9.10. The molecule has 0 radical (unpaired) electrons. The van der Waals surface area contributed by atoms with Crippen LogP contribution in [0.25, 0.3) is 21.9 Å². The van der Waals surface area contributed by atoms with Gasteiger partial charge in [0.2, 0.25) is 5.43 Å². The van der Waals surface area contributed by atoms with Gasteiger partial charge in [-0.3, -0.25) is 9.59 Å². The van der Waals surface area contributed by atoms with Crippen molar-refractivity contribution in [1.82, 2.24) is 0 Å². The van der Waals surface area contributed by atoms with Crippen LogP contribution in [-0.4, -0.2) is 5.91 Å². The third-order valence-electron chi connectivity index (χ3n) is 4.66. The Balaban J connectivity index is 1.79. The minimum atomic E-state index is -0.239. The van der Waals surface area contributed by atoms with Crippen LogP contribution in [0, 0.1) is 13.8 Å². The highest BCUT2D eigenvalue weighted by Gasteiger charge is 2.13. The molecule has 0 bridgehead atoms. The van der Waals surface area contributed by atoms with Gasteiger partial charge in [0.15, 0.2) is 0 Å². The average molecular weight is 422 g/mol. The highest BCUT2D eigenvalue weighted by Crippen LogP contribution is 2.25. The number of amides is 1. The second-order valence-electron chi connectivity index (χ2n) is 6.51. The van der Waals surface area contributed by atoms with E-state index < -0.39 is 0 Å². The summed E-state index contributed by atoms with van der Waals surface area (Å²) in [5.74, 6) is -0.239. The normalized spacial score (nSPS) is 11.1. The molecule has 4 nitrogen and oxygen atoms in total. The van der Waals surface area contributed by atoms with Crippen molar-refractivity contribution in [2.45, 2.75) is 13.8 Å². The third kappa shape index (κ3) is 3.15. The standard InChI is InChI=1S/C22H16BrNO3/c1-12-9-17-19(10-13(12)2)27-20-11-14(7-8-16(20)21(17)25)24-22(26)15-5-3-4-6-18(15)23/h3-11H,1-2H3,(H,24,26). The molecule has 1 N–H and O–H groups in total. The summed E-state index contributed by atoms with van der Waals surface area (Å²) in [5.41, 5.74) is 4.12. The summed E-state index contributed by atoms with van der Waals surface area (Å²) >= 11 is 3.38. The molecule has 4 aromatic rings. The monoisotopic (exact) mass is 421 g/mol. The molecule has 4 rings (SSSR count). The largest absolute Gasteiger partial charge is 0.456 e. The molecular weight excluding hydrogens is 406 g/mol. The molecule has 0 aliphatic rings. The first-order valence-electron chi connectivity index (χ1n) is 8.48. The Bertz CT molecular complexity index is 1270. The molecule has 0 saturated carbocycles. The summed E-state index contributed by atoms with van der Waals surface area (Å²) in [7, 11) is 0. The molecule has 0 unspecified atom stereocenters. The number of halogens is 1. The minimum Gasteiger partial charge on any atom is -0.456 e. The van der Waals surface area contributed by atoms with E-state index in [1.165, 1.54) is 0 Å². The molecule has 134 valence electrons. The zero-order valence-corrected chi connectivity index (χ0v) is 16.4. The number of rotatable bonds is 2. The maximum Gasteiger partial charge on any atom is 0.256 e. The first-order valence-corrected chi connectivity index (χ1v) is 9.27. The van der Waals surface area contributed by atoms with E-state index >= 15 is 0 Å². The quantitative estimate of drug-likeness (QED) is 0.429. The Labute approximate surface area is 163 Å². The predicted octanol–water partition coefficient (Wildman–Crippen LogP) is 5.58. The van der Waals surface area contributed by atoms with Gasteiger partial charge in [0.1, 0.15) is 11.2 Å². The van der Waals surface area contributed by atoms with Crippen molar-refractivity contribution in [3.05, 3.63) is 86.0 Å². The van der Waals surface area contributed by atoms with Gasteiger partial charge < -0.3 is 9.73 Å². The summed E-state index contributed by atoms with van der Waals surface area (Å²) in [4.78, 5) is 25.3. The van der Waals surface area contributed by atoms with Gasteiger partial charge in [-0.2, -0.15) is 0 Å². The number of hydrogen-bond acceptors (Lipinski definition) is 3. The molecule has 0 saturated heterocycles. The molecule has 0 fully saturated rings. The van der Waals surface area contributed by atoms with E-state index in [0.29, 0.717) is 37.7 Å². The molecule has 5 heteroatoms. The molecular formula is C22H16BrNO3. The first-order chi connectivity index (χ1) is 12.9. The lowest BCUT2D eigenvalue weighted by Gasteiger charge is -2.09. The summed E-state index contributed by atoms with van der Waals surface area (Å²) in [6.45, 7) is 3.95. The third-order valence-corrected chi connectivity index (χ3v) is 5.35. The lowest BCUT2D eigenvalue weighted by molar-refractivity contribution is 0.102. The molecule has 0 aliphatic carbocycles. The van der Waals surface area contributed by atoms with E-state index in [-0.39, 0.29) is 11.3 Å². The summed E-state index contributed by atoms with van der Waals surface area (Å²) < 4.78 is 6.67. The summed E-state index contributed by atoms with van der Waals surface area (Å²) in [5, 5.41) is 3.90. The van der Waals surface area contributed by atoms with Crippen LogP contribution in [0.4, 0.5) is 5.69 Å². The second kappa shape index (κ2) is 6.67. The van der Waals surface area contributed by atoms with Crippen LogP contribution in [0.2, 0.25) is 0 Å². The Morgan fingerprint density at radius 3 is 2.41 bits per heavy atom. The van der Waals surface area contributed by atoms with Gasteiger partial charge in [0.25, 0.3) is 5.91 Å². The van der Waals surface area contributed by atoms with Crippen LogP contribution < -0.4 is 10.7 Å². The fourth-order valence-electron chi connectivity index (χ4n) is 3.03. The maximum atomic E-state index is 12.8. The molecule has 0 atom stereocenters. The Morgan fingerprint density at radius 1 is 0.926 bits per heavy atom. The van der Waals surface area contributed by atoms with E-state index in [9.17, 15) is 9.59 Å². The lowest BCUT2D eigenvalue weighted by atomic mass is 10.1. The molecule has 0 spiro atoms. The highest BCUT2D eigenvalue weighted by atomic mass is 79.9. The van der Waals surface area contributed by atoms with Gasteiger partial charge in [-0.05, 0) is 77.3 Å². The molecule has 1 heterocycles. The predicted molar refractivity (Wildman–Crippen MR) is 112 cm³/mol. The Kier molecular flexibility index (Phi) is 4.32. The minimum absolute atomic E-state index is 0.0713. The fourth-order valence-corrected chi connectivity index (χ4v) is 3.50. The molecule has 3 aromatic carbocycles. The lowest BCUT2D eigenvalue weighted by Crippen LogP contribution is -2.12. The molecule has 1 amide bonds. The Morgan fingerprint density at radius 2 is 1.63 bits per heavy atom. The van der Waals surface area contributed by atoms with E-state index in [1.54, 1.807) is 30.3 Å². The van der Waals surface area contributed by atoms with Crippen LogP contribution >= 0.6 is 15.9 Å². The van der Waals surface area contributed by atoms with Crippen LogP contribution in [0.5, 0.6) is 0 Å². The van der Waals surface area contributed by atoms with Gasteiger partial charge in [-0.25, -0.2) is 0 Å². The van der Waals surface area contributed by atoms with Crippen molar-refractivity contribution in [3.63, 3.8) is 0 Å². The van der Waals surface area contributed by atoms with Crippen LogP contribution in [0.15, 0.2) is 68.3 Å². The van der Waals surface area contributed by atoms with Crippen LogP contribution in [0.1, 0.15) is 21.5 Å². The first kappa shape index (κ1) is 17.5. The number of aryl methyl sites for hydroxylation is 2. The zero-order valence-electron chi connectivity index (χ0n) is 14.8. The van der Waals surface area contributed by atoms with Crippen molar-refractivity contribution in [2.75, 3.05) is 5.32 Å². The van der Waals surface area contributed by atoms with Crippen molar-refractivity contribution in [2.24, 2.45) is 0 Å². The number of nitrogens with one attached hydrogen (secondary N) is 1. The van der Waals surface area contributed by atoms with E-state index in [4.69, 9.17) is 4.42 Å². The SMILES string of the molecule is Cc1cc2oc3cc(NC(=O)c4ccccc4Br)ccc3c(=O)c2cc1C. The Hall–Kier alpha value is -2.92. The van der Waals surface area contributed by atoms with Crippen LogP contribution in [-0.2, 0) is 0 Å². The number of carbonyl (C=O) groups is 1. The number of carbonyl (C=O) groups excluding carboxylic acids is 1. The van der Waals surface area contributed by atoms with Gasteiger partial charge in [0.05, 0.1) is 16.3 Å². The maximum absolute atomic E-state index is 12.8. The second-order valence-corrected chi connectivity index (χ2v) is 7.36. The molecule has 1 aromatic heterocycles. The fraction of sp³-hybridized carbons (Fsp3) is 0.0909. The zero-order chi connectivity index (χ0) is 19.1. The van der Waals surface area contributed by atoms with Crippen LogP contribution in [0.3, 0.4) is 0 Å². The van der Waals surface area contributed by atoms with Crippen molar-refractivity contribution >= 4 is 49.5 Å². The average Bonchev–Trinajstić information content (AvgIpc) is 2.64. The number of hydrogen-bond donors (Lipinski definition) is 1. The summed E-state index contributed by atoms with van der Waals surface area (Å²) in [6.07, 6.45) is 0. The van der Waals surface area contributed by atoms with Gasteiger partial charge in [-0.1, -0.05) is 12.1 Å². The van der Waals surface area contributed by atoms with E-state index in [0.717, 1.165) is 11.1 Å². The molecule has 0 aliphatic heterocycles. The van der Waals surface area contributed by atoms with E-state index in [2.05, 4.69) is 21.2 Å². The van der Waals surface area contributed by atoms with Gasteiger partial charge >= 0.3 is 0 Å².